The van der Waals surface area contributed by atoms with Crippen molar-refractivity contribution in [2.24, 2.45) is 0 Å². The molecule has 116 valence electrons. The third-order valence-corrected chi connectivity index (χ3v) is 4.12. The van der Waals surface area contributed by atoms with Gasteiger partial charge < -0.3 is 10.1 Å². The smallest absolute Gasteiger partial charge is 0.311 e. The number of carbonyl (C=O) groups is 1. The van der Waals surface area contributed by atoms with Crippen molar-refractivity contribution in [3.63, 3.8) is 0 Å². The summed E-state index contributed by atoms with van der Waals surface area (Å²) in [6, 6.07) is 6.19. The van der Waals surface area contributed by atoms with Crippen LogP contribution in [-0.2, 0) is 6.54 Å². The van der Waals surface area contributed by atoms with Crippen LogP contribution in [-0.4, -0.2) is 17.4 Å². The molecule has 0 atom stereocenters. The zero-order chi connectivity index (χ0) is 16.1. The number of ether oxygens (including phenoxy) is 1. The van der Waals surface area contributed by atoms with E-state index in [1.807, 2.05) is 18.4 Å². The van der Waals surface area contributed by atoms with Gasteiger partial charge in [0.1, 0.15) is 0 Å². The van der Waals surface area contributed by atoms with Crippen LogP contribution in [0.2, 0.25) is 0 Å². The van der Waals surface area contributed by atoms with Gasteiger partial charge in [0, 0.05) is 16.5 Å². The summed E-state index contributed by atoms with van der Waals surface area (Å²) in [5.74, 6) is -0.183. The predicted molar refractivity (Wildman–Crippen MR) is 84.5 cm³/mol. The maximum absolute atomic E-state index is 12.1. The lowest BCUT2D eigenvalue weighted by molar-refractivity contribution is -0.385. The third-order valence-electron chi connectivity index (χ3n) is 3.10. The fourth-order valence-electron chi connectivity index (χ4n) is 1.93. The fraction of sp³-hybridized carbons (Fsp3) is 0.267. The Hall–Kier alpha value is -2.41. The Morgan fingerprint density at radius 1 is 1.41 bits per heavy atom. The van der Waals surface area contributed by atoms with E-state index in [9.17, 15) is 14.9 Å². The molecule has 1 amide bonds. The normalized spacial score (nSPS) is 10.3. The zero-order valence-electron chi connectivity index (χ0n) is 12.3. The van der Waals surface area contributed by atoms with Crippen molar-refractivity contribution in [3.8, 4) is 5.75 Å². The van der Waals surface area contributed by atoms with Gasteiger partial charge >= 0.3 is 5.69 Å². The minimum Gasteiger partial charge on any atom is -0.487 e. The molecule has 0 saturated carbocycles. The summed E-state index contributed by atoms with van der Waals surface area (Å²) < 4.78 is 5.20. The highest BCUT2D eigenvalue weighted by molar-refractivity contribution is 7.10. The minimum atomic E-state index is -0.550. The van der Waals surface area contributed by atoms with Gasteiger partial charge in [0.2, 0.25) is 0 Å². The molecule has 0 saturated heterocycles. The molecule has 0 unspecified atom stereocenters. The molecule has 0 aliphatic heterocycles. The van der Waals surface area contributed by atoms with Crippen molar-refractivity contribution in [2.45, 2.75) is 20.4 Å². The average Bonchev–Trinajstić information content (AvgIpc) is 2.90. The summed E-state index contributed by atoms with van der Waals surface area (Å²) in [6.07, 6.45) is 0. The van der Waals surface area contributed by atoms with E-state index in [1.54, 1.807) is 18.3 Å². The SMILES string of the molecule is CCOc1ccc(C(=O)NCc2sccc2C)cc1[N+](=O)[O-]. The number of nitro groups is 1. The maximum atomic E-state index is 12.1. The summed E-state index contributed by atoms with van der Waals surface area (Å²) in [4.78, 5) is 23.7. The number of amides is 1. The number of carbonyl (C=O) groups excluding carboxylic acids is 1. The highest BCUT2D eigenvalue weighted by atomic mass is 32.1. The molecule has 2 aromatic rings. The number of nitro benzene ring substituents is 1. The van der Waals surface area contributed by atoms with Crippen LogP contribution in [0.25, 0.3) is 0 Å². The quantitative estimate of drug-likeness (QED) is 0.654. The molecule has 0 spiro atoms. The second-order valence-electron chi connectivity index (χ2n) is 4.58. The topological polar surface area (TPSA) is 81.5 Å². The van der Waals surface area contributed by atoms with Crippen LogP contribution in [0.5, 0.6) is 5.75 Å². The van der Waals surface area contributed by atoms with E-state index in [0.717, 1.165) is 10.4 Å². The van der Waals surface area contributed by atoms with Crippen molar-refractivity contribution >= 4 is 22.9 Å². The van der Waals surface area contributed by atoms with E-state index in [1.165, 1.54) is 18.2 Å². The van der Waals surface area contributed by atoms with Crippen molar-refractivity contribution in [3.05, 3.63) is 55.8 Å². The molecule has 1 aromatic heterocycles. The third kappa shape index (κ3) is 3.62. The standard InChI is InChI=1S/C15H16N2O4S/c1-3-21-13-5-4-11(8-12(13)17(19)20)15(18)16-9-14-10(2)6-7-22-14/h4-8H,3,9H2,1-2H3,(H,16,18). The Morgan fingerprint density at radius 3 is 2.77 bits per heavy atom. The number of rotatable bonds is 6. The van der Waals surface area contributed by atoms with Gasteiger partial charge in [0.25, 0.3) is 5.91 Å². The summed E-state index contributed by atoms with van der Waals surface area (Å²) in [5, 5.41) is 15.8. The molecule has 0 aliphatic carbocycles. The molecule has 0 aliphatic rings. The molecule has 7 heteroatoms. The van der Waals surface area contributed by atoms with Crippen LogP contribution >= 0.6 is 11.3 Å². The van der Waals surface area contributed by atoms with Crippen molar-refractivity contribution in [2.75, 3.05) is 6.61 Å². The van der Waals surface area contributed by atoms with Gasteiger partial charge in [-0.3, -0.25) is 14.9 Å². The average molecular weight is 320 g/mol. The number of nitrogens with one attached hydrogen (secondary N) is 1. The highest BCUT2D eigenvalue weighted by Crippen LogP contribution is 2.28. The van der Waals surface area contributed by atoms with Crippen LogP contribution < -0.4 is 10.1 Å². The molecule has 1 N–H and O–H groups in total. The molecule has 0 bridgehead atoms. The van der Waals surface area contributed by atoms with Crippen LogP contribution in [0.3, 0.4) is 0 Å². The molecular formula is C15H16N2O4S. The monoisotopic (exact) mass is 320 g/mol. The van der Waals surface area contributed by atoms with E-state index in [2.05, 4.69) is 5.32 Å². The number of benzene rings is 1. The number of thiophene rings is 1. The first-order chi connectivity index (χ1) is 10.5. The van der Waals surface area contributed by atoms with Crippen LogP contribution in [0.15, 0.2) is 29.6 Å². The summed E-state index contributed by atoms with van der Waals surface area (Å²) in [6.45, 7) is 4.45. The van der Waals surface area contributed by atoms with Gasteiger partial charge in [-0.2, -0.15) is 0 Å². The summed E-state index contributed by atoms with van der Waals surface area (Å²) >= 11 is 1.56. The second-order valence-corrected chi connectivity index (χ2v) is 5.58. The van der Waals surface area contributed by atoms with Gasteiger partial charge in [0.05, 0.1) is 18.1 Å². The van der Waals surface area contributed by atoms with Crippen LogP contribution in [0.4, 0.5) is 5.69 Å². The lowest BCUT2D eigenvalue weighted by atomic mass is 10.1. The van der Waals surface area contributed by atoms with Crippen LogP contribution in [0.1, 0.15) is 27.7 Å². The van der Waals surface area contributed by atoms with Crippen molar-refractivity contribution in [1.29, 1.82) is 0 Å². The van der Waals surface area contributed by atoms with Gasteiger partial charge in [-0.25, -0.2) is 0 Å². The lowest BCUT2D eigenvalue weighted by Gasteiger charge is -2.07. The minimum absolute atomic E-state index is 0.165. The van der Waals surface area contributed by atoms with Gasteiger partial charge in [-0.15, -0.1) is 11.3 Å². The number of hydrogen-bond donors (Lipinski definition) is 1. The fourth-order valence-corrected chi connectivity index (χ4v) is 2.77. The molecule has 1 aromatic carbocycles. The highest BCUT2D eigenvalue weighted by Gasteiger charge is 2.18. The van der Waals surface area contributed by atoms with Gasteiger partial charge in [0.15, 0.2) is 5.75 Å². The Labute approximate surface area is 131 Å². The summed E-state index contributed by atoms with van der Waals surface area (Å²) in [7, 11) is 0. The molecule has 0 fully saturated rings. The number of aryl methyl sites for hydroxylation is 1. The first-order valence-corrected chi connectivity index (χ1v) is 7.63. The van der Waals surface area contributed by atoms with Crippen molar-refractivity contribution < 1.29 is 14.5 Å². The zero-order valence-corrected chi connectivity index (χ0v) is 13.1. The molecule has 2 rings (SSSR count). The Bertz CT molecular complexity index is 697. The van der Waals surface area contributed by atoms with E-state index in [4.69, 9.17) is 4.74 Å². The lowest BCUT2D eigenvalue weighted by Crippen LogP contribution is -2.22. The Balaban J connectivity index is 2.14. The van der Waals surface area contributed by atoms with Gasteiger partial charge in [-0.1, -0.05) is 0 Å². The molecular weight excluding hydrogens is 304 g/mol. The van der Waals surface area contributed by atoms with Gasteiger partial charge in [-0.05, 0) is 43.0 Å². The van der Waals surface area contributed by atoms with Crippen LogP contribution in [0, 0.1) is 17.0 Å². The van der Waals surface area contributed by atoms with E-state index in [0.29, 0.717) is 13.2 Å². The number of nitrogens with zero attached hydrogens (tertiary/aromatic N) is 1. The van der Waals surface area contributed by atoms with E-state index < -0.39 is 4.92 Å². The number of hydrogen-bond acceptors (Lipinski definition) is 5. The van der Waals surface area contributed by atoms with Crippen molar-refractivity contribution in [1.82, 2.24) is 5.32 Å². The summed E-state index contributed by atoms with van der Waals surface area (Å²) in [5.41, 5.74) is 1.15. The molecule has 22 heavy (non-hydrogen) atoms. The van der Waals surface area contributed by atoms with E-state index in [-0.39, 0.29) is 22.9 Å². The molecule has 1 heterocycles. The Kier molecular flexibility index (Phi) is 5.11. The predicted octanol–water partition coefficient (Wildman–Crippen LogP) is 3.29. The molecule has 0 radical (unpaired) electrons. The first-order valence-electron chi connectivity index (χ1n) is 6.75. The first kappa shape index (κ1) is 16.0. The maximum Gasteiger partial charge on any atom is 0.311 e. The Morgan fingerprint density at radius 2 is 2.18 bits per heavy atom. The second kappa shape index (κ2) is 7.04. The van der Waals surface area contributed by atoms with E-state index >= 15 is 0 Å². The largest absolute Gasteiger partial charge is 0.487 e. The molecule has 6 nitrogen and oxygen atoms in total.